The highest BCUT2D eigenvalue weighted by molar-refractivity contribution is 6.32. The quantitative estimate of drug-likeness (QED) is 0.728. The number of hydrogen-bond acceptors (Lipinski definition) is 1. The van der Waals surface area contributed by atoms with Crippen molar-refractivity contribution in [1.29, 1.82) is 0 Å². The molecule has 2 rings (SSSR count). The summed E-state index contributed by atoms with van der Waals surface area (Å²) in [4.78, 5) is 12.1. The second-order valence-corrected chi connectivity index (χ2v) is 7.36. The van der Waals surface area contributed by atoms with Crippen LogP contribution in [0.3, 0.4) is 0 Å². The van der Waals surface area contributed by atoms with Gasteiger partial charge >= 0.3 is 0 Å². The fraction of sp³-hybridized carbons (Fsp3) is 0.286. The molecule has 2 aromatic carbocycles. The van der Waals surface area contributed by atoms with E-state index in [1.807, 2.05) is 25.1 Å². The molecule has 0 spiro atoms. The minimum absolute atomic E-state index is 0.0533. The van der Waals surface area contributed by atoms with Gasteiger partial charge in [0.05, 0.1) is 6.04 Å². The van der Waals surface area contributed by atoms with Crippen LogP contribution < -0.4 is 5.32 Å². The highest BCUT2D eigenvalue weighted by Crippen LogP contribution is 2.24. The molecule has 0 aliphatic rings. The van der Waals surface area contributed by atoms with E-state index in [-0.39, 0.29) is 17.4 Å². The first kappa shape index (κ1) is 18.3. The van der Waals surface area contributed by atoms with Crippen LogP contribution in [0.5, 0.6) is 0 Å². The molecular weight excluding hydrogens is 318 g/mol. The van der Waals surface area contributed by atoms with Gasteiger partial charge in [0, 0.05) is 11.1 Å². The van der Waals surface area contributed by atoms with Gasteiger partial charge in [-0.05, 0) is 41.2 Å². The molecule has 1 amide bonds. The third-order valence-electron chi connectivity index (χ3n) is 3.95. The Balaban J connectivity index is 2.00. The minimum Gasteiger partial charge on any atom is -0.346 e. The summed E-state index contributed by atoms with van der Waals surface area (Å²) in [5.41, 5.74) is 3.32. The summed E-state index contributed by atoms with van der Waals surface area (Å²) in [6, 6.07) is 15.8. The lowest BCUT2D eigenvalue weighted by Gasteiger charge is -2.20. The summed E-state index contributed by atoms with van der Waals surface area (Å²) in [6.45, 7) is 8.54. The first-order valence-electron chi connectivity index (χ1n) is 8.11. The van der Waals surface area contributed by atoms with Crippen molar-refractivity contribution in [3.05, 3.63) is 76.3 Å². The molecule has 0 saturated heterocycles. The highest BCUT2D eigenvalue weighted by atomic mass is 35.5. The molecule has 1 unspecified atom stereocenters. The van der Waals surface area contributed by atoms with Gasteiger partial charge < -0.3 is 5.32 Å². The second-order valence-electron chi connectivity index (χ2n) is 6.96. The Morgan fingerprint density at radius 2 is 1.71 bits per heavy atom. The van der Waals surface area contributed by atoms with Gasteiger partial charge in [0.2, 0.25) is 5.91 Å². The molecule has 126 valence electrons. The summed E-state index contributed by atoms with van der Waals surface area (Å²) >= 11 is 6.08. The Bertz CT molecular complexity index is 726. The molecule has 0 aromatic heterocycles. The largest absolute Gasteiger partial charge is 0.346 e. The molecule has 0 bridgehead atoms. The van der Waals surface area contributed by atoms with Crippen molar-refractivity contribution < 1.29 is 4.79 Å². The summed E-state index contributed by atoms with van der Waals surface area (Å²) in [5, 5.41) is 3.61. The van der Waals surface area contributed by atoms with Crippen molar-refractivity contribution >= 4 is 23.6 Å². The van der Waals surface area contributed by atoms with Crippen molar-refractivity contribution in [3.63, 3.8) is 0 Å². The number of carbonyl (C=O) groups excluding carboxylic acids is 1. The fourth-order valence-corrected chi connectivity index (χ4v) is 2.59. The maximum atomic E-state index is 12.1. The molecule has 24 heavy (non-hydrogen) atoms. The molecule has 3 heteroatoms. The van der Waals surface area contributed by atoms with Crippen LogP contribution in [0.2, 0.25) is 5.02 Å². The topological polar surface area (TPSA) is 29.1 Å². The van der Waals surface area contributed by atoms with Crippen molar-refractivity contribution in [2.75, 3.05) is 0 Å². The van der Waals surface area contributed by atoms with Gasteiger partial charge in [0.25, 0.3) is 0 Å². The van der Waals surface area contributed by atoms with Crippen LogP contribution in [0.1, 0.15) is 50.4 Å². The normalized spacial score (nSPS) is 13.0. The van der Waals surface area contributed by atoms with Gasteiger partial charge in [-0.15, -0.1) is 0 Å². The van der Waals surface area contributed by atoms with Crippen LogP contribution in [0.4, 0.5) is 0 Å². The molecule has 1 atom stereocenters. The van der Waals surface area contributed by atoms with E-state index in [0.29, 0.717) is 5.02 Å². The number of carbonyl (C=O) groups is 1. The predicted octanol–water partition coefficient (Wildman–Crippen LogP) is 5.53. The monoisotopic (exact) mass is 341 g/mol. The van der Waals surface area contributed by atoms with E-state index in [4.69, 9.17) is 11.6 Å². The zero-order chi connectivity index (χ0) is 17.7. The number of halogens is 1. The lowest BCUT2D eigenvalue weighted by atomic mass is 9.86. The third-order valence-corrected chi connectivity index (χ3v) is 4.30. The molecule has 0 aliphatic carbocycles. The summed E-state index contributed by atoms with van der Waals surface area (Å²) in [5.74, 6) is -0.137. The van der Waals surface area contributed by atoms with E-state index in [1.54, 1.807) is 12.1 Å². The molecule has 0 heterocycles. The fourth-order valence-electron chi connectivity index (χ4n) is 2.39. The number of amides is 1. The standard InChI is InChI=1S/C21H24ClNO/c1-15(16-9-12-18(13-10-16)21(2,3)4)23-20(24)14-11-17-7-5-6-8-19(17)22/h5-15H,1-4H3,(H,23,24)/b14-11+. The predicted molar refractivity (Wildman–Crippen MR) is 102 cm³/mol. The molecule has 2 aromatic rings. The van der Waals surface area contributed by atoms with Gasteiger partial charge in [-0.3, -0.25) is 4.79 Å². The Hall–Kier alpha value is -2.06. The van der Waals surface area contributed by atoms with Crippen molar-refractivity contribution in [2.24, 2.45) is 0 Å². The lowest BCUT2D eigenvalue weighted by Crippen LogP contribution is -2.24. The molecule has 0 aliphatic heterocycles. The van der Waals surface area contributed by atoms with E-state index in [0.717, 1.165) is 11.1 Å². The zero-order valence-corrected chi connectivity index (χ0v) is 15.4. The Labute approximate surface area is 149 Å². The maximum absolute atomic E-state index is 12.1. The maximum Gasteiger partial charge on any atom is 0.244 e. The van der Waals surface area contributed by atoms with Gasteiger partial charge in [-0.25, -0.2) is 0 Å². The Kier molecular flexibility index (Phi) is 5.84. The smallest absolute Gasteiger partial charge is 0.244 e. The molecular formula is C21H24ClNO. The van der Waals surface area contributed by atoms with Crippen molar-refractivity contribution in [1.82, 2.24) is 5.32 Å². The average Bonchev–Trinajstić information content (AvgIpc) is 2.53. The summed E-state index contributed by atoms with van der Waals surface area (Å²) < 4.78 is 0. The van der Waals surface area contributed by atoms with Gasteiger partial charge in [0.1, 0.15) is 0 Å². The first-order chi connectivity index (χ1) is 11.3. The number of nitrogens with one attached hydrogen (secondary N) is 1. The highest BCUT2D eigenvalue weighted by Gasteiger charge is 2.14. The minimum atomic E-state index is -0.137. The molecule has 1 N–H and O–H groups in total. The van der Waals surface area contributed by atoms with E-state index in [2.05, 4.69) is 50.4 Å². The van der Waals surface area contributed by atoms with Crippen molar-refractivity contribution in [3.8, 4) is 0 Å². The first-order valence-corrected chi connectivity index (χ1v) is 8.49. The summed E-state index contributed by atoms with van der Waals surface area (Å²) in [7, 11) is 0. The molecule has 0 saturated carbocycles. The van der Waals surface area contributed by atoms with Gasteiger partial charge in [-0.2, -0.15) is 0 Å². The number of rotatable bonds is 4. The SMILES string of the molecule is CC(NC(=O)/C=C/c1ccccc1Cl)c1ccc(C(C)(C)C)cc1. The number of benzene rings is 2. The van der Waals surface area contributed by atoms with Crippen LogP contribution >= 0.6 is 11.6 Å². The molecule has 0 fully saturated rings. The Morgan fingerprint density at radius 3 is 2.29 bits per heavy atom. The van der Waals surface area contributed by atoms with E-state index in [1.165, 1.54) is 11.6 Å². The molecule has 2 nitrogen and oxygen atoms in total. The summed E-state index contributed by atoms with van der Waals surface area (Å²) in [6.07, 6.45) is 3.24. The van der Waals surface area contributed by atoms with Crippen LogP contribution in [0.25, 0.3) is 6.08 Å². The van der Waals surface area contributed by atoms with Crippen molar-refractivity contribution in [2.45, 2.75) is 39.2 Å². The lowest BCUT2D eigenvalue weighted by molar-refractivity contribution is -0.117. The zero-order valence-electron chi connectivity index (χ0n) is 14.6. The van der Waals surface area contributed by atoms with Crippen LogP contribution in [0.15, 0.2) is 54.6 Å². The second kappa shape index (κ2) is 7.67. The van der Waals surface area contributed by atoms with E-state index < -0.39 is 0 Å². The molecule has 0 radical (unpaired) electrons. The third kappa shape index (κ3) is 4.97. The van der Waals surface area contributed by atoms with Gasteiger partial charge in [0.15, 0.2) is 0 Å². The van der Waals surface area contributed by atoms with Crippen LogP contribution in [-0.2, 0) is 10.2 Å². The van der Waals surface area contributed by atoms with E-state index >= 15 is 0 Å². The number of hydrogen-bond donors (Lipinski definition) is 1. The van der Waals surface area contributed by atoms with Crippen LogP contribution in [0, 0.1) is 0 Å². The Morgan fingerprint density at radius 1 is 1.08 bits per heavy atom. The van der Waals surface area contributed by atoms with Gasteiger partial charge in [-0.1, -0.05) is 74.8 Å². The van der Waals surface area contributed by atoms with Crippen LogP contribution in [-0.4, -0.2) is 5.91 Å². The van der Waals surface area contributed by atoms with E-state index in [9.17, 15) is 4.79 Å². The average molecular weight is 342 g/mol.